The van der Waals surface area contributed by atoms with Crippen LogP contribution in [0.25, 0.3) is 0 Å². The van der Waals surface area contributed by atoms with Gasteiger partial charge in [-0.05, 0) is 26.7 Å². The predicted octanol–water partition coefficient (Wildman–Crippen LogP) is 1.27. The van der Waals surface area contributed by atoms with Crippen LogP contribution in [0.15, 0.2) is 0 Å². The normalized spacial score (nSPS) is 48.5. The molecular formula is C10H20N2. The molecule has 4 atom stereocenters. The van der Waals surface area contributed by atoms with Gasteiger partial charge in [0.2, 0.25) is 0 Å². The van der Waals surface area contributed by atoms with Crippen LogP contribution in [0.3, 0.4) is 0 Å². The minimum atomic E-state index is 0.643. The first-order chi connectivity index (χ1) is 5.77. The average Bonchev–Trinajstić information content (AvgIpc) is 2.07. The van der Waals surface area contributed by atoms with Crippen LogP contribution in [0.4, 0.5) is 0 Å². The number of hydrogen-bond acceptors (Lipinski definition) is 2. The van der Waals surface area contributed by atoms with Crippen molar-refractivity contribution in [3.8, 4) is 0 Å². The summed E-state index contributed by atoms with van der Waals surface area (Å²) >= 11 is 0. The molecule has 2 unspecified atom stereocenters. The summed E-state index contributed by atoms with van der Waals surface area (Å²) < 4.78 is 0. The van der Waals surface area contributed by atoms with E-state index in [4.69, 9.17) is 0 Å². The van der Waals surface area contributed by atoms with Crippen molar-refractivity contribution in [1.82, 2.24) is 10.6 Å². The molecule has 1 aliphatic carbocycles. The average molecular weight is 168 g/mol. The molecule has 1 saturated heterocycles. The molecule has 2 N–H and O–H groups in total. The number of rotatable bonds is 0. The van der Waals surface area contributed by atoms with E-state index in [1.807, 2.05) is 0 Å². The van der Waals surface area contributed by atoms with Crippen molar-refractivity contribution in [2.75, 3.05) is 0 Å². The zero-order chi connectivity index (χ0) is 8.55. The van der Waals surface area contributed by atoms with E-state index in [2.05, 4.69) is 24.5 Å². The number of hydrogen-bond donors (Lipinski definition) is 2. The molecule has 2 fully saturated rings. The summed E-state index contributed by atoms with van der Waals surface area (Å²) in [4.78, 5) is 0. The summed E-state index contributed by atoms with van der Waals surface area (Å²) in [7, 11) is 0. The fourth-order valence-corrected chi connectivity index (χ4v) is 2.49. The highest BCUT2D eigenvalue weighted by Gasteiger charge is 2.32. The second-order valence-electron chi connectivity index (χ2n) is 4.41. The second-order valence-corrected chi connectivity index (χ2v) is 4.41. The molecule has 2 rings (SSSR count). The van der Waals surface area contributed by atoms with Crippen LogP contribution < -0.4 is 10.6 Å². The van der Waals surface area contributed by atoms with Crippen molar-refractivity contribution in [2.45, 2.75) is 63.7 Å². The van der Waals surface area contributed by atoms with Gasteiger partial charge < -0.3 is 10.6 Å². The first-order valence-electron chi connectivity index (χ1n) is 5.29. The lowest BCUT2D eigenvalue weighted by Gasteiger charge is -2.43. The summed E-state index contributed by atoms with van der Waals surface area (Å²) in [6.07, 6.45) is 5.57. The van der Waals surface area contributed by atoms with Crippen molar-refractivity contribution in [1.29, 1.82) is 0 Å². The molecule has 2 nitrogen and oxygen atoms in total. The Hall–Kier alpha value is -0.0800. The molecule has 1 heterocycles. The SMILES string of the molecule is CC1N[C@H]2CCCC[C@H]2NC1C. The molecule has 1 aliphatic heterocycles. The third kappa shape index (κ3) is 1.50. The molecule has 0 aromatic heterocycles. The first-order valence-corrected chi connectivity index (χ1v) is 5.29. The maximum atomic E-state index is 3.71. The highest BCUT2D eigenvalue weighted by atomic mass is 15.1. The molecule has 0 spiro atoms. The minimum Gasteiger partial charge on any atom is -0.308 e. The predicted molar refractivity (Wildman–Crippen MR) is 51.2 cm³/mol. The van der Waals surface area contributed by atoms with E-state index >= 15 is 0 Å². The van der Waals surface area contributed by atoms with Gasteiger partial charge in [-0.15, -0.1) is 0 Å². The van der Waals surface area contributed by atoms with Crippen molar-refractivity contribution < 1.29 is 0 Å². The number of fused-ring (bicyclic) bond motifs is 1. The quantitative estimate of drug-likeness (QED) is 0.569. The summed E-state index contributed by atoms with van der Waals surface area (Å²) in [5.74, 6) is 0. The monoisotopic (exact) mass is 168 g/mol. The van der Waals surface area contributed by atoms with Gasteiger partial charge >= 0.3 is 0 Å². The van der Waals surface area contributed by atoms with Crippen molar-refractivity contribution in [2.24, 2.45) is 0 Å². The molecular weight excluding hydrogens is 148 g/mol. The van der Waals surface area contributed by atoms with Gasteiger partial charge in [-0.25, -0.2) is 0 Å². The molecule has 0 bridgehead atoms. The van der Waals surface area contributed by atoms with Crippen molar-refractivity contribution >= 4 is 0 Å². The number of piperazine rings is 1. The van der Waals surface area contributed by atoms with Crippen LogP contribution in [-0.2, 0) is 0 Å². The Bertz CT molecular complexity index is 140. The largest absolute Gasteiger partial charge is 0.308 e. The summed E-state index contributed by atoms with van der Waals surface area (Å²) in [5.41, 5.74) is 0. The van der Waals surface area contributed by atoms with Gasteiger partial charge in [-0.2, -0.15) is 0 Å². The molecule has 2 aliphatic rings. The second kappa shape index (κ2) is 3.35. The fraction of sp³-hybridized carbons (Fsp3) is 1.00. The molecule has 0 aromatic rings. The molecule has 1 saturated carbocycles. The Balaban J connectivity index is 1.98. The van der Waals surface area contributed by atoms with E-state index < -0.39 is 0 Å². The number of nitrogens with one attached hydrogen (secondary N) is 2. The highest BCUT2D eigenvalue weighted by Crippen LogP contribution is 2.22. The van der Waals surface area contributed by atoms with Gasteiger partial charge in [0.05, 0.1) is 0 Å². The molecule has 70 valence electrons. The van der Waals surface area contributed by atoms with E-state index in [0.717, 1.165) is 12.1 Å². The van der Waals surface area contributed by atoms with E-state index in [9.17, 15) is 0 Å². The lowest BCUT2D eigenvalue weighted by atomic mass is 9.86. The minimum absolute atomic E-state index is 0.643. The van der Waals surface area contributed by atoms with Crippen molar-refractivity contribution in [3.05, 3.63) is 0 Å². The van der Waals surface area contributed by atoms with Gasteiger partial charge in [-0.3, -0.25) is 0 Å². The zero-order valence-corrected chi connectivity index (χ0v) is 8.14. The van der Waals surface area contributed by atoms with Crippen LogP contribution >= 0.6 is 0 Å². The fourth-order valence-electron chi connectivity index (χ4n) is 2.49. The molecule has 0 aromatic carbocycles. The van der Waals surface area contributed by atoms with Crippen molar-refractivity contribution in [3.63, 3.8) is 0 Å². The van der Waals surface area contributed by atoms with Gasteiger partial charge in [-0.1, -0.05) is 12.8 Å². The van der Waals surface area contributed by atoms with E-state index in [1.54, 1.807) is 0 Å². The maximum absolute atomic E-state index is 3.71. The van der Waals surface area contributed by atoms with Crippen LogP contribution in [-0.4, -0.2) is 24.2 Å². The smallest absolute Gasteiger partial charge is 0.0224 e. The molecule has 0 radical (unpaired) electrons. The topological polar surface area (TPSA) is 24.1 Å². The van der Waals surface area contributed by atoms with E-state index in [0.29, 0.717) is 12.1 Å². The molecule has 12 heavy (non-hydrogen) atoms. The van der Waals surface area contributed by atoms with Gasteiger partial charge in [0.15, 0.2) is 0 Å². The van der Waals surface area contributed by atoms with E-state index in [1.165, 1.54) is 25.7 Å². The van der Waals surface area contributed by atoms with Gasteiger partial charge in [0.1, 0.15) is 0 Å². The summed E-state index contributed by atoms with van der Waals surface area (Å²) in [6, 6.07) is 2.79. The van der Waals surface area contributed by atoms with Crippen LogP contribution in [0.5, 0.6) is 0 Å². The molecule has 2 heteroatoms. The lowest BCUT2D eigenvalue weighted by Crippen LogP contribution is -2.64. The third-order valence-corrected chi connectivity index (χ3v) is 3.47. The third-order valence-electron chi connectivity index (χ3n) is 3.47. The Morgan fingerprint density at radius 1 is 0.833 bits per heavy atom. The van der Waals surface area contributed by atoms with Crippen LogP contribution in [0.1, 0.15) is 39.5 Å². The first kappa shape index (κ1) is 8.52. The summed E-state index contributed by atoms with van der Waals surface area (Å²) in [5, 5.41) is 7.41. The van der Waals surface area contributed by atoms with Gasteiger partial charge in [0.25, 0.3) is 0 Å². The molecule has 0 amide bonds. The maximum Gasteiger partial charge on any atom is 0.0224 e. The Kier molecular flexibility index (Phi) is 2.37. The van der Waals surface area contributed by atoms with Crippen LogP contribution in [0, 0.1) is 0 Å². The Morgan fingerprint density at radius 3 is 1.67 bits per heavy atom. The lowest BCUT2D eigenvalue weighted by molar-refractivity contribution is 0.183. The van der Waals surface area contributed by atoms with Crippen LogP contribution in [0.2, 0.25) is 0 Å². The highest BCUT2D eigenvalue weighted by molar-refractivity contribution is 4.96. The van der Waals surface area contributed by atoms with E-state index in [-0.39, 0.29) is 0 Å². The zero-order valence-electron chi connectivity index (χ0n) is 8.14. The summed E-state index contributed by atoms with van der Waals surface area (Å²) in [6.45, 7) is 4.56. The standard InChI is InChI=1S/C10H20N2/c1-7-8(2)12-10-6-4-3-5-9(10)11-7/h7-12H,3-6H2,1-2H3/t7?,8?,9-,10+. The van der Waals surface area contributed by atoms with Gasteiger partial charge in [0, 0.05) is 24.2 Å². The Labute approximate surface area is 75.1 Å². The Morgan fingerprint density at radius 2 is 1.25 bits per heavy atom.